The first-order valence-electron chi connectivity index (χ1n) is 11.5. The van der Waals surface area contributed by atoms with Gasteiger partial charge in [0.05, 0.1) is 19.8 Å². The zero-order valence-corrected chi connectivity index (χ0v) is 21.0. The van der Waals surface area contributed by atoms with Crippen molar-refractivity contribution in [3.8, 4) is 17.2 Å². The summed E-state index contributed by atoms with van der Waals surface area (Å²) >= 11 is 5.35. The van der Waals surface area contributed by atoms with Crippen LogP contribution in [0.3, 0.4) is 0 Å². The molecule has 0 aliphatic carbocycles. The Morgan fingerprint density at radius 2 is 1.42 bits per heavy atom. The molecule has 2 N–H and O–H groups in total. The molecule has 8 heteroatoms. The van der Waals surface area contributed by atoms with Crippen molar-refractivity contribution in [3.63, 3.8) is 0 Å². The smallest absolute Gasteiger partial charge is 0.257 e. The molecule has 1 amide bonds. The first-order valence-corrected chi connectivity index (χ1v) is 11.9. The molecule has 0 atom stereocenters. The molecular weight excluding hydrogens is 438 g/mol. The molecule has 0 aliphatic rings. The van der Waals surface area contributed by atoms with Crippen molar-refractivity contribution < 1.29 is 19.0 Å². The third kappa shape index (κ3) is 7.91. The number of amides is 1. The number of nitrogens with zero attached hydrogens (tertiary/aromatic N) is 1. The number of carbonyl (C=O) groups is 1. The Morgan fingerprint density at radius 3 is 1.91 bits per heavy atom. The van der Waals surface area contributed by atoms with Crippen molar-refractivity contribution in [2.45, 2.75) is 41.2 Å². The first kappa shape index (κ1) is 26.4. The monoisotopic (exact) mass is 473 g/mol. The Morgan fingerprint density at radius 1 is 0.879 bits per heavy atom. The van der Waals surface area contributed by atoms with E-state index in [0.29, 0.717) is 42.6 Å². The van der Waals surface area contributed by atoms with Gasteiger partial charge in [0, 0.05) is 17.8 Å². The first-order chi connectivity index (χ1) is 15.9. The zero-order valence-electron chi connectivity index (χ0n) is 20.2. The highest BCUT2D eigenvalue weighted by atomic mass is 32.1. The normalized spacial score (nSPS) is 10.6. The van der Waals surface area contributed by atoms with Crippen LogP contribution in [0.1, 0.15) is 50.5 Å². The SMILES string of the molecule is CCOc1cc(C(=O)NC(=S)Nc2ccc(CN(CC)CC)cc2)cc(OCC)c1OCC. The van der Waals surface area contributed by atoms with E-state index in [1.165, 1.54) is 5.56 Å². The van der Waals surface area contributed by atoms with Crippen LogP contribution >= 0.6 is 12.2 Å². The maximum Gasteiger partial charge on any atom is 0.257 e. The minimum Gasteiger partial charge on any atom is -0.490 e. The molecule has 0 spiro atoms. The van der Waals surface area contributed by atoms with Gasteiger partial charge in [0.25, 0.3) is 5.91 Å². The fourth-order valence-corrected chi connectivity index (χ4v) is 3.47. The van der Waals surface area contributed by atoms with E-state index in [1.54, 1.807) is 12.1 Å². The standard InChI is InChI=1S/C25H35N3O4S/c1-6-28(7-2)17-18-11-13-20(14-12-18)26-25(33)27-24(29)19-15-21(30-8-3)23(32-10-5)22(16-19)31-9-4/h11-16H,6-10,17H2,1-5H3,(H2,26,27,29,33). The maximum atomic E-state index is 12.9. The fourth-order valence-electron chi connectivity index (χ4n) is 3.26. The highest BCUT2D eigenvalue weighted by Gasteiger charge is 2.19. The summed E-state index contributed by atoms with van der Waals surface area (Å²) in [5, 5.41) is 5.99. The molecule has 180 valence electrons. The van der Waals surface area contributed by atoms with E-state index in [2.05, 4.69) is 41.5 Å². The molecule has 0 bridgehead atoms. The topological polar surface area (TPSA) is 72.1 Å². The lowest BCUT2D eigenvalue weighted by atomic mass is 10.1. The van der Waals surface area contributed by atoms with Gasteiger partial charge in [0.2, 0.25) is 5.75 Å². The van der Waals surface area contributed by atoms with Crippen LogP contribution in [0.25, 0.3) is 0 Å². The molecule has 0 saturated carbocycles. The highest BCUT2D eigenvalue weighted by molar-refractivity contribution is 7.80. The van der Waals surface area contributed by atoms with E-state index in [9.17, 15) is 4.79 Å². The Kier molecular flexibility index (Phi) is 10.9. The molecule has 0 heterocycles. The second kappa shape index (κ2) is 13.6. The summed E-state index contributed by atoms with van der Waals surface area (Å²) in [6.45, 7) is 14.2. The lowest BCUT2D eigenvalue weighted by molar-refractivity contribution is 0.0976. The predicted octanol–water partition coefficient (Wildman–Crippen LogP) is 4.85. The van der Waals surface area contributed by atoms with E-state index >= 15 is 0 Å². The van der Waals surface area contributed by atoms with Gasteiger partial charge < -0.3 is 19.5 Å². The molecule has 0 aliphatic heterocycles. The maximum absolute atomic E-state index is 12.9. The van der Waals surface area contributed by atoms with Gasteiger partial charge in [-0.1, -0.05) is 26.0 Å². The second-order valence-corrected chi connectivity index (χ2v) is 7.58. The Balaban J connectivity index is 2.10. The minimum absolute atomic E-state index is 0.210. The van der Waals surface area contributed by atoms with Crippen LogP contribution in [0.5, 0.6) is 17.2 Å². The van der Waals surface area contributed by atoms with Crippen molar-refractivity contribution >= 4 is 28.9 Å². The van der Waals surface area contributed by atoms with Crippen LogP contribution < -0.4 is 24.8 Å². The summed E-state index contributed by atoms with van der Waals surface area (Å²) in [6, 6.07) is 11.3. The molecule has 7 nitrogen and oxygen atoms in total. The summed E-state index contributed by atoms with van der Waals surface area (Å²) < 4.78 is 17.1. The Hall–Kier alpha value is -2.84. The van der Waals surface area contributed by atoms with E-state index in [-0.39, 0.29) is 11.0 Å². The van der Waals surface area contributed by atoms with Gasteiger partial charge in [0.15, 0.2) is 16.6 Å². The lowest BCUT2D eigenvalue weighted by Gasteiger charge is -2.18. The molecule has 0 fully saturated rings. The minimum atomic E-state index is -0.365. The predicted molar refractivity (Wildman–Crippen MR) is 137 cm³/mol. The summed E-state index contributed by atoms with van der Waals surface area (Å²) in [5.41, 5.74) is 2.39. The van der Waals surface area contributed by atoms with E-state index in [1.807, 2.05) is 32.9 Å². The van der Waals surface area contributed by atoms with Gasteiger partial charge in [-0.25, -0.2) is 0 Å². The lowest BCUT2D eigenvalue weighted by Crippen LogP contribution is -2.34. The number of thiocarbonyl (C=S) groups is 1. The van der Waals surface area contributed by atoms with Crippen molar-refractivity contribution in [1.82, 2.24) is 10.2 Å². The van der Waals surface area contributed by atoms with Crippen LogP contribution in [-0.4, -0.2) is 48.8 Å². The van der Waals surface area contributed by atoms with Crippen molar-refractivity contribution in [2.24, 2.45) is 0 Å². The van der Waals surface area contributed by atoms with Crippen LogP contribution in [0.4, 0.5) is 5.69 Å². The molecule has 0 unspecified atom stereocenters. The van der Waals surface area contributed by atoms with Gasteiger partial charge in [-0.15, -0.1) is 0 Å². The molecule has 0 aromatic heterocycles. The number of anilines is 1. The van der Waals surface area contributed by atoms with Gasteiger partial charge >= 0.3 is 0 Å². The Bertz CT molecular complexity index is 887. The van der Waals surface area contributed by atoms with Gasteiger partial charge in [-0.3, -0.25) is 15.0 Å². The summed E-state index contributed by atoms with van der Waals surface area (Å²) in [6.07, 6.45) is 0. The molecule has 0 radical (unpaired) electrons. The van der Waals surface area contributed by atoms with Gasteiger partial charge in [-0.05, 0) is 75.9 Å². The van der Waals surface area contributed by atoms with E-state index in [4.69, 9.17) is 26.4 Å². The largest absolute Gasteiger partial charge is 0.490 e. The van der Waals surface area contributed by atoms with E-state index < -0.39 is 0 Å². The summed E-state index contributed by atoms with van der Waals surface area (Å²) in [5.74, 6) is 1.04. The molecule has 2 aromatic rings. The van der Waals surface area contributed by atoms with Gasteiger partial charge in [0.1, 0.15) is 0 Å². The van der Waals surface area contributed by atoms with Gasteiger partial charge in [-0.2, -0.15) is 0 Å². The average molecular weight is 474 g/mol. The fraction of sp³-hybridized carbons (Fsp3) is 0.440. The molecule has 33 heavy (non-hydrogen) atoms. The second-order valence-electron chi connectivity index (χ2n) is 7.17. The Labute approximate surface area is 202 Å². The van der Waals surface area contributed by atoms with Crippen LogP contribution in [-0.2, 0) is 6.54 Å². The molecule has 2 rings (SSSR count). The van der Waals surface area contributed by atoms with Crippen LogP contribution in [0.2, 0.25) is 0 Å². The number of hydrogen-bond acceptors (Lipinski definition) is 6. The number of rotatable bonds is 12. The molecule has 0 saturated heterocycles. The summed E-state index contributed by atoms with van der Waals surface area (Å²) in [7, 11) is 0. The van der Waals surface area contributed by atoms with Crippen molar-refractivity contribution in [2.75, 3.05) is 38.2 Å². The summed E-state index contributed by atoms with van der Waals surface area (Å²) in [4.78, 5) is 15.2. The zero-order chi connectivity index (χ0) is 24.2. The van der Waals surface area contributed by atoms with Crippen LogP contribution in [0, 0.1) is 0 Å². The number of benzene rings is 2. The average Bonchev–Trinajstić information content (AvgIpc) is 2.80. The number of nitrogens with one attached hydrogen (secondary N) is 2. The molecule has 2 aromatic carbocycles. The quantitative estimate of drug-likeness (QED) is 0.427. The highest BCUT2D eigenvalue weighted by Crippen LogP contribution is 2.39. The third-order valence-corrected chi connectivity index (χ3v) is 5.11. The van der Waals surface area contributed by atoms with Crippen LogP contribution in [0.15, 0.2) is 36.4 Å². The number of hydrogen-bond donors (Lipinski definition) is 2. The third-order valence-electron chi connectivity index (χ3n) is 4.91. The molecular formula is C25H35N3O4S. The van der Waals surface area contributed by atoms with Crippen molar-refractivity contribution in [3.05, 3.63) is 47.5 Å². The number of ether oxygens (including phenoxy) is 3. The van der Waals surface area contributed by atoms with E-state index in [0.717, 1.165) is 25.3 Å². The number of carbonyl (C=O) groups excluding carboxylic acids is 1. The van der Waals surface area contributed by atoms with Crippen molar-refractivity contribution in [1.29, 1.82) is 0 Å².